The van der Waals surface area contributed by atoms with Crippen LogP contribution < -0.4 is 0 Å². The quantitative estimate of drug-likeness (QED) is 0.821. The monoisotopic (exact) mass is 377 g/mol. The fourth-order valence-corrected chi connectivity index (χ4v) is 3.25. The minimum Gasteiger partial charge on any atom is -0.338 e. The lowest BCUT2D eigenvalue weighted by molar-refractivity contribution is -0.136. The molecule has 0 spiro atoms. The van der Waals surface area contributed by atoms with Gasteiger partial charge in [0.05, 0.1) is 0 Å². The highest BCUT2D eigenvalue weighted by Crippen LogP contribution is 2.20. The van der Waals surface area contributed by atoms with Crippen molar-refractivity contribution in [3.63, 3.8) is 0 Å². The molecule has 3 rings (SSSR count). The van der Waals surface area contributed by atoms with Crippen LogP contribution >= 0.6 is 15.9 Å². The van der Waals surface area contributed by atoms with E-state index in [1.54, 1.807) is 0 Å². The SMILES string of the molecule is CC[C@H]1CCCCN1C(=O)Cn1nnc(-c2ccc(Br)cc2)n1. The Morgan fingerprint density at radius 2 is 2.09 bits per heavy atom. The Labute approximate surface area is 144 Å². The number of nitrogens with zero attached hydrogens (tertiary/aromatic N) is 5. The first-order valence-corrected chi connectivity index (χ1v) is 8.80. The summed E-state index contributed by atoms with van der Waals surface area (Å²) in [6.45, 7) is 3.13. The molecule has 23 heavy (non-hydrogen) atoms. The van der Waals surface area contributed by atoms with Crippen LogP contribution in [0.5, 0.6) is 0 Å². The molecule has 0 N–H and O–H groups in total. The van der Waals surface area contributed by atoms with Crippen LogP contribution in [0.1, 0.15) is 32.6 Å². The number of halogens is 1. The molecule has 0 aliphatic carbocycles. The molecule has 1 aromatic carbocycles. The Bertz CT molecular complexity index is 669. The Morgan fingerprint density at radius 3 is 2.83 bits per heavy atom. The van der Waals surface area contributed by atoms with Crippen LogP contribution in [-0.4, -0.2) is 43.6 Å². The maximum absolute atomic E-state index is 12.5. The van der Waals surface area contributed by atoms with E-state index in [-0.39, 0.29) is 12.5 Å². The number of tetrazole rings is 1. The van der Waals surface area contributed by atoms with Crippen molar-refractivity contribution in [2.45, 2.75) is 45.2 Å². The molecule has 0 unspecified atom stereocenters. The van der Waals surface area contributed by atoms with Gasteiger partial charge in [0.25, 0.3) is 0 Å². The zero-order valence-electron chi connectivity index (χ0n) is 13.2. The zero-order valence-corrected chi connectivity index (χ0v) is 14.7. The van der Waals surface area contributed by atoms with Crippen molar-refractivity contribution in [1.29, 1.82) is 0 Å². The topological polar surface area (TPSA) is 63.9 Å². The summed E-state index contributed by atoms with van der Waals surface area (Å²) in [5, 5.41) is 12.4. The van der Waals surface area contributed by atoms with Gasteiger partial charge in [-0.3, -0.25) is 4.79 Å². The molecular weight excluding hydrogens is 358 g/mol. The van der Waals surface area contributed by atoms with Crippen LogP contribution in [0, 0.1) is 0 Å². The van der Waals surface area contributed by atoms with Gasteiger partial charge < -0.3 is 4.90 Å². The van der Waals surface area contributed by atoms with Gasteiger partial charge in [0.15, 0.2) is 0 Å². The summed E-state index contributed by atoms with van der Waals surface area (Å²) in [6.07, 6.45) is 4.38. The molecule has 2 heterocycles. The molecule has 122 valence electrons. The Morgan fingerprint density at radius 1 is 1.30 bits per heavy atom. The average molecular weight is 378 g/mol. The van der Waals surface area contributed by atoms with E-state index in [1.807, 2.05) is 29.2 Å². The van der Waals surface area contributed by atoms with Crippen molar-refractivity contribution in [2.75, 3.05) is 6.54 Å². The lowest BCUT2D eigenvalue weighted by Gasteiger charge is -2.35. The van der Waals surface area contributed by atoms with Crippen molar-refractivity contribution < 1.29 is 4.79 Å². The lowest BCUT2D eigenvalue weighted by atomic mass is 10.00. The van der Waals surface area contributed by atoms with E-state index < -0.39 is 0 Å². The lowest BCUT2D eigenvalue weighted by Crippen LogP contribution is -2.45. The van der Waals surface area contributed by atoms with Crippen LogP contribution in [-0.2, 0) is 11.3 Å². The van der Waals surface area contributed by atoms with Crippen molar-refractivity contribution in [3.8, 4) is 11.4 Å². The second-order valence-corrected chi connectivity index (χ2v) is 6.71. The summed E-state index contributed by atoms with van der Waals surface area (Å²) in [7, 11) is 0. The molecule has 1 aliphatic heterocycles. The van der Waals surface area contributed by atoms with E-state index in [4.69, 9.17) is 0 Å². The van der Waals surface area contributed by atoms with E-state index >= 15 is 0 Å². The average Bonchev–Trinajstić information content (AvgIpc) is 3.04. The Hall–Kier alpha value is -1.76. The van der Waals surface area contributed by atoms with Crippen LogP contribution in [0.2, 0.25) is 0 Å². The number of amides is 1. The molecule has 7 heteroatoms. The number of likely N-dealkylation sites (tertiary alicyclic amines) is 1. The van der Waals surface area contributed by atoms with Crippen LogP contribution in [0.15, 0.2) is 28.7 Å². The van der Waals surface area contributed by atoms with Gasteiger partial charge in [-0.1, -0.05) is 22.9 Å². The number of piperidine rings is 1. The first kappa shape index (κ1) is 16.1. The van der Waals surface area contributed by atoms with E-state index in [1.165, 1.54) is 11.2 Å². The minimum atomic E-state index is 0.0799. The van der Waals surface area contributed by atoms with Gasteiger partial charge in [0, 0.05) is 22.6 Å². The normalized spacial score (nSPS) is 18.2. The first-order chi connectivity index (χ1) is 11.2. The highest BCUT2D eigenvalue weighted by molar-refractivity contribution is 9.10. The number of carbonyl (C=O) groups is 1. The molecular formula is C16H20BrN5O. The summed E-state index contributed by atoms with van der Waals surface area (Å²) in [6, 6.07) is 8.06. The van der Waals surface area contributed by atoms with Crippen molar-refractivity contribution in [3.05, 3.63) is 28.7 Å². The van der Waals surface area contributed by atoms with E-state index in [9.17, 15) is 4.79 Å². The predicted molar refractivity (Wildman–Crippen MR) is 90.6 cm³/mol. The molecule has 1 aliphatic rings. The summed E-state index contributed by atoms with van der Waals surface area (Å²) >= 11 is 3.40. The molecule has 1 fully saturated rings. The molecule has 6 nitrogen and oxygen atoms in total. The number of hydrogen-bond donors (Lipinski definition) is 0. The van der Waals surface area contributed by atoms with Gasteiger partial charge in [-0.05, 0) is 55.2 Å². The molecule has 0 saturated carbocycles. The van der Waals surface area contributed by atoms with Gasteiger partial charge in [-0.15, -0.1) is 10.2 Å². The fourth-order valence-electron chi connectivity index (χ4n) is 2.99. The van der Waals surface area contributed by atoms with Crippen LogP contribution in [0.3, 0.4) is 0 Å². The number of rotatable bonds is 4. The molecule has 0 radical (unpaired) electrons. The summed E-state index contributed by atoms with van der Waals surface area (Å²) in [5.41, 5.74) is 0.885. The Kier molecular flexibility index (Phi) is 5.05. The van der Waals surface area contributed by atoms with Gasteiger partial charge in [0.1, 0.15) is 6.54 Å². The summed E-state index contributed by atoms with van der Waals surface area (Å²) in [4.78, 5) is 15.9. The molecule has 1 saturated heterocycles. The minimum absolute atomic E-state index is 0.0799. The third-order valence-corrected chi connectivity index (χ3v) is 4.78. The van der Waals surface area contributed by atoms with E-state index in [2.05, 4.69) is 38.3 Å². The number of hydrogen-bond acceptors (Lipinski definition) is 4. The van der Waals surface area contributed by atoms with Crippen molar-refractivity contribution >= 4 is 21.8 Å². The van der Waals surface area contributed by atoms with Gasteiger partial charge in [-0.25, -0.2) is 0 Å². The smallest absolute Gasteiger partial charge is 0.246 e. The standard InChI is InChI=1S/C16H20BrN5O/c1-2-14-5-3-4-10-21(14)15(23)11-22-19-16(18-20-22)12-6-8-13(17)9-7-12/h6-9,14H,2-5,10-11H2,1H3/t14-/m0/s1. The number of benzene rings is 1. The maximum Gasteiger partial charge on any atom is 0.246 e. The second-order valence-electron chi connectivity index (χ2n) is 5.80. The maximum atomic E-state index is 12.5. The highest BCUT2D eigenvalue weighted by atomic mass is 79.9. The molecule has 0 bridgehead atoms. The summed E-state index contributed by atoms with van der Waals surface area (Å²) < 4.78 is 1.000. The van der Waals surface area contributed by atoms with Gasteiger partial charge >= 0.3 is 0 Å². The third-order valence-electron chi connectivity index (χ3n) is 4.25. The molecule has 1 atom stereocenters. The van der Waals surface area contributed by atoms with E-state index in [0.717, 1.165) is 35.8 Å². The zero-order chi connectivity index (χ0) is 16.2. The van der Waals surface area contributed by atoms with Gasteiger partial charge in [0.2, 0.25) is 11.7 Å². The highest BCUT2D eigenvalue weighted by Gasteiger charge is 2.25. The molecule has 1 aromatic heterocycles. The third kappa shape index (κ3) is 3.77. The largest absolute Gasteiger partial charge is 0.338 e. The van der Waals surface area contributed by atoms with Crippen molar-refractivity contribution in [1.82, 2.24) is 25.1 Å². The fraction of sp³-hybridized carbons (Fsp3) is 0.500. The van der Waals surface area contributed by atoms with E-state index in [0.29, 0.717) is 11.9 Å². The van der Waals surface area contributed by atoms with Crippen LogP contribution in [0.4, 0.5) is 0 Å². The number of aromatic nitrogens is 4. The molecule has 1 amide bonds. The first-order valence-electron chi connectivity index (χ1n) is 8.00. The summed E-state index contributed by atoms with van der Waals surface area (Å²) in [5.74, 6) is 0.618. The molecule has 2 aromatic rings. The second kappa shape index (κ2) is 7.21. The predicted octanol–water partition coefficient (Wildman–Crippen LogP) is 2.89. The number of carbonyl (C=O) groups excluding carboxylic acids is 1. The van der Waals surface area contributed by atoms with Gasteiger partial charge in [-0.2, -0.15) is 4.80 Å². The Balaban J connectivity index is 1.68. The van der Waals surface area contributed by atoms with Crippen LogP contribution in [0.25, 0.3) is 11.4 Å². The van der Waals surface area contributed by atoms with Crippen molar-refractivity contribution in [2.24, 2.45) is 0 Å².